The van der Waals surface area contributed by atoms with E-state index >= 15 is 0 Å². The molecule has 0 radical (unpaired) electrons. The van der Waals surface area contributed by atoms with Crippen LogP contribution in [-0.2, 0) is 13.5 Å². The van der Waals surface area contributed by atoms with Crippen LogP contribution in [0.25, 0.3) is 0 Å². The molecule has 1 aromatic heterocycles. The van der Waals surface area contributed by atoms with Gasteiger partial charge in [-0.15, -0.1) is 0 Å². The van der Waals surface area contributed by atoms with Crippen LogP contribution in [0.15, 0.2) is 24.5 Å². The van der Waals surface area contributed by atoms with Gasteiger partial charge in [-0.1, -0.05) is 23.7 Å². The van der Waals surface area contributed by atoms with Gasteiger partial charge in [-0.3, -0.25) is 4.68 Å². The molecule has 2 N–H and O–H groups in total. The van der Waals surface area contributed by atoms with Crippen molar-refractivity contribution < 1.29 is 4.39 Å². The molecule has 0 saturated heterocycles. The predicted octanol–water partition coefficient (Wildman–Crippen LogP) is 1.85. The molecule has 0 fully saturated rings. The second-order valence-corrected chi connectivity index (χ2v) is 4.16. The van der Waals surface area contributed by atoms with Gasteiger partial charge in [0.1, 0.15) is 18.0 Å². The molecule has 0 bridgehead atoms. The lowest BCUT2D eigenvalue weighted by atomic mass is 10.0. The molecule has 17 heavy (non-hydrogen) atoms. The molecule has 1 atom stereocenters. The van der Waals surface area contributed by atoms with Crippen LogP contribution in [-0.4, -0.2) is 14.8 Å². The van der Waals surface area contributed by atoms with E-state index in [4.69, 9.17) is 17.3 Å². The summed E-state index contributed by atoms with van der Waals surface area (Å²) >= 11 is 5.71. The van der Waals surface area contributed by atoms with E-state index in [0.29, 0.717) is 17.8 Å². The number of halogens is 2. The fourth-order valence-electron chi connectivity index (χ4n) is 1.62. The lowest BCUT2D eigenvalue weighted by molar-refractivity contribution is 0.565. The molecule has 1 heterocycles. The van der Waals surface area contributed by atoms with Gasteiger partial charge in [0.2, 0.25) is 0 Å². The van der Waals surface area contributed by atoms with Crippen molar-refractivity contribution in [3.63, 3.8) is 0 Å². The standard InChI is InChI=1S/C11H12ClFN4/c1-17-10(15-6-16-17)5-9(14)7-3-2-4-8(12)11(7)13/h2-4,6,9H,5,14H2,1H3. The zero-order chi connectivity index (χ0) is 12.4. The predicted molar refractivity (Wildman–Crippen MR) is 63.0 cm³/mol. The molecule has 0 aliphatic heterocycles. The van der Waals surface area contributed by atoms with Gasteiger partial charge in [-0.2, -0.15) is 5.10 Å². The summed E-state index contributed by atoms with van der Waals surface area (Å²) in [5.74, 6) is 0.237. The minimum atomic E-state index is -0.489. The molecule has 1 aromatic carbocycles. The number of nitrogens with two attached hydrogens (primary N) is 1. The third-order valence-electron chi connectivity index (χ3n) is 2.59. The topological polar surface area (TPSA) is 56.7 Å². The van der Waals surface area contributed by atoms with Gasteiger partial charge in [0.25, 0.3) is 0 Å². The first-order valence-electron chi connectivity index (χ1n) is 5.12. The average Bonchev–Trinajstić information content (AvgIpc) is 2.68. The van der Waals surface area contributed by atoms with Crippen LogP contribution in [0.4, 0.5) is 4.39 Å². The Labute approximate surface area is 103 Å². The zero-order valence-corrected chi connectivity index (χ0v) is 10.0. The molecule has 1 unspecified atom stereocenters. The monoisotopic (exact) mass is 254 g/mol. The van der Waals surface area contributed by atoms with Crippen LogP contribution in [0.5, 0.6) is 0 Å². The van der Waals surface area contributed by atoms with E-state index in [-0.39, 0.29) is 5.02 Å². The minimum absolute atomic E-state index is 0.0796. The van der Waals surface area contributed by atoms with Gasteiger partial charge in [0, 0.05) is 25.1 Å². The number of nitrogens with zero attached hydrogens (tertiary/aromatic N) is 3. The summed E-state index contributed by atoms with van der Waals surface area (Å²) < 4.78 is 15.3. The Balaban J connectivity index is 2.23. The molecule has 2 rings (SSSR count). The van der Waals surface area contributed by atoms with Gasteiger partial charge >= 0.3 is 0 Å². The SMILES string of the molecule is Cn1ncnc1CC(N)c1cccc(Cl)c1F. The van der Waals surface area contributed by atoms with Crippen LogP contribution in [0.1, 0.15) is 17.4 Å². The van der Waals surface area contributed by atoms with Crippen LogP contribution in [0.3, 0.4) is 0 Å². The second kappa shape index (κ2) is 4.81. The normalized spacial score (nSPS) is 12.7. The smallest absolute Gasteiger partial charge is 0.146 e. The van der Waals surface area contributed by atoms with Gasteiger partial charge in [-0.25, -0.2) is 9.37 Å². The molecule has 2 aromatic rings. The van der Waals surface area contributed by atoms with E-state index in [1.165, 1.54) is 12.4 Å². The molecule has 6 heteroatoms. The number of hydrogen-bond acceptors (Lipinski definition) is 3. The highest BCUT2D eigenvalue weighted by molar-refractivity contribution is 6.30. The quantitative estimate of drug-likeness (QED) is 0.910. The maximum absolute atomic E-state index is 13.7. The number of aromatic nitrogens is 3. The van der Waals surface area contributed by atoms with Crippen molar-refractivity contribution in [2.75, 3.05) is 0 Å². The van der Waals surface area contributed by atoms with Crippen molar-refractivity contribution in [3.05, 3.63) is 46.8 Å². The van der Waals surface area contributed by atoms with E-state index in [9.17, 15) is 4.39 Å². The molecular formula is C11H12ClFN4. The van der Waals surface area contributed by atoms with Crippen LogP contribution < -0.4 is 5.73 Å². The summed E-state index contributed by atoms with van der Waals surface area (Å²) in [6.07, 6.45) is 1.85. The van der Waals surface area contributed by atoms with Crippen molar-refractivity contribution >= 4 is 11.6 Å². The zero-order valence-electron chi connectivity index (χ0n) is 9.27. The van der Waals surface area contributed by atoms with E-state index in [1.54, 1.807) is 23.9 Å². The first-order valence-corrected chi connectivity index (χ1v) is 5.49. The van der Waals surface area contributed by atoms with Crippen LogP contribution in [0, 0.1) is 5.82 Å². The summed E-state index contributed by atoms with van der Waals surface area (Å²) in [7, 11) is 1.77. The van der Waals surface area contributed by atoms with Crippen molar-refractivity contribution in [2.45, 2.75) is 12.5 Å². The largest absolute Gasteiger partial charge is 0.323 e. The van der Waals surface area contributed by atoms with Crippen LogP contribution in [0.2, 0.25) is 5.02 Å². The summed E-state index contributed by atoms with van der Waals surface area (Å²) in [5, 5.41) is 4.01. The number of benzene rings is 1. The molecule has 0 aliphatic carbocycles. The highest BCUT2D eigenvalue weighted by Gasteiger charge is 2.16. The van der Waals surface area contributed by atoms with Gasteiger partial charge in [-0.05, 0) is 6.07 Å². The summed E-state index contributed by atoms with van der Waals surface area (Å²) in [6, 6.07) is 4.31. The average molecular weight is 255 g/mol. The fraction of sp³-hybridized carbons (Fsp3) is 0.273. The maximum Gasteiger partial charge on any atom is 0.146 e. The van der Waals surface area contributed by atoms with Crippen molar-refractivity contribution in [1.29, 1.82) is 0 Å². The fourth-order valence-corrected chi connectivity index (χ4v) is 1.80. The van der Waals surface area contributed by atoms with Gasteiger partial charge in [0.15, 0.2) is 0 Å². The first-order chi connectivity index (χ1) is 8.09. The maximum atomic E-state index is 13.7. The second-order valence-electron chi connectivity index (χ2n) is 3.75. The Hall–Kier alpha value is -1.46. The minimum Gasteiger partial charge on any atom is -0.323 e. The Morgan fingerprint density at radius 3 is 2.94 bits per heavy atom. The number of hydrogen-bond donors (Lipinski definition) is 1. The van der Waals surface area contributed by atoms with E-state index in [0.717, 1.165) is 0 Å². The third-order valence-corrected chi connectivity index (χ3v) is 2.88. The molecule has 0 saturated carbocycles. The molecule has 0 aliphatic rings. The summed E-state index contributed by atoms with van der Waals surface area (Å²) in [4.78, 5) is 4.05. The van der Waals surface area contributed by atoms with Gasteiger partial charge < -0.3 is 5.73 Å². The Kier molecular flexibility index (Phi) is 3.40. The van der Waals surface area contributed by atoms with E-state index in [1.807, 2.05) is 0 Å². The lowest BCUT2D eigenvalue weighted by Gasteiger charge is -2.12. The Morgan fingerprint density at radius 2 is 2.29 bits per heavy atom. The molecular weight excluding hydrogens is 243 g/mol. The van der Waals surface area contributed by atoms with Crippen molar-refractivity contribution in [2.24, 2.45) is 12.8 Å². The number of rotatable bonds is 3. The van der Waals surface area contributed by atoms with Crippen molar-refractivity contribution in [3.8, 4) is 0 Å². The summed E-state index contributed by atoms with van der Waals surface area (Å²) in [5.41, 5.74) is 6.33. The highest BCUT2D eigenvalue weighted by Crippen LogP contribution is 2.23. The molecule has 4 nitrogen and oxygen atoms in total. The molecule has 90 valence electrons. The Bertz CT molecular complexity index is 526. The highest BCUT2D eigenvalue weighted by atomic mass is 35.5. The van der Waals surface area contributed by atoms with E-state index < -0.39 is 11.9 Å². The van der Waals surface area contributed by atoms with Crippen LogP contribution >= 0.6 is 11.6 Å². The Morgan fingerprint density at radius 1 is 1.53 bits per heavy atom. The third kappa shape index (κ3) is 2.45. The molecule has 0 spiro atoms. The van der Waals surface area contributed by atoms with E-state index in [2.05, 4.69) is 10.1 Å². The number of aryl methyl sites for hydroxylation is 1. The van der Waals surface area contributed by atoms with Gasteiger partial charge in [0.05, 0.1) is 5.02 Å². The summed E-state index contributed by atoms with van der Waals surface area (Å²) in [6.45, 7) is 0. The lowest BCUT2D eigenvalue weighted by Crippen LogP contribution is -2.17. The first kappa shape index (κ1) is 12.0. The molecule has 0 amide bonds. The van der Waals surface area contributed by atoms with Crippen molar-refractivity contribution in [1.82, 2.24) is 14.8 Å².